The Morgan fingerprint density at radius 3 is 2.60 bits per heavy atom. The Hall–Kier alpha value is -4.38. The summed E-state index contributed by atoms with van der Waals surface area (Å²) in [5, 5.41) is 13.4. The summed E-state index contributed by atoms with van der Waals surface area (Å²) in [6.07, 6.45) is 4.61. The number of carbonyl (C=O) groups excluding carboxylic acids is 2. The van der Waals surface area contributed by atoms with E-state index in [1.807, 2.05) is 32.1 Å². The van der Waals surface area contributed by atoms with Crippen LogP contribution >= 0.6 is 0 Å². The molecule has 0 spiro atoms. The van der Waals surface area contributed by atoms with E-state index < -0.39 is 39.6 Å². The van der Waals surface area contributed by atoms with Crippen molar-refractivity contribution < 1.29 is 37.3 Å². The van der Waals surface area contributed by atoms with Crippen molar-refractivity contribution >= 4 is 44.8 Å². The van der Waals surface area contributed by atoms with Gasteiger partial charge in [0.2, 0.25) is 0 Å². The standard InChI is InChI=1S/C42H56N6O8S/c1-8-32(38(43-9-2)27(4)54-7)39-34-25-42(5,6)26-56-41(51)35-12-11-15-48(44-35)40(50)36(45-57(52,53)46-16-18-55-19-17-46)22-28-20-30(23-31(49)21-28)29-13-14-37(33(34)24-29)47(39)10-3/h8-9,13-14,20-21,23-24,27,35-36,44-45,49H,1,10-12,15-19,22,25-26H2,2-7H3/b38-32+,43-9-/t27-,35-,36-/m0/s1. The number of amides is 1. The Labute approximate surface area is 335 Å². The van der Waals surface area contributed by atoms with Crippen molar-refractivity contribution in [2.45, 2.75) is 85.0 Å². The van der Waals surface area contributed by atoms with E-state index >= 15 is 0 Å². The van der Waals surface area contributed by atoms with Crippen molar-refractivity contribution in [2.75, 3.05) is 46.6 Å². The number of aromatic hydroxyl groups is 1. The van der Waals surface area contributed by atoms with Gasteiger partial charge in [0, 0.05) is 61.4 Å². The van der Waals surface area contributed by atoms with Gasteiger partial charge < -0.3 is 23.9 Å². The summed E-state index contributed by atoms with van der Waals surface area (Å²) in [5.41, 5.74) is 9.03. The molecule has 3 aromatic rings. The maximum Gasteiger partial charge on any atom is 0.324 e. The van der Waals surface area contributed by atoms with Gasteiger partial charge in [-0.1, -0.05) is 38.6 Å². The first-order chi connectivity index (χ1) is 27.2. The molecular weight excluding hydrogens is 749 g/mol. The molecule has 3 N–H and O–H groups in total. The molecule has 308 valence electrons. The molecule has 2 saturated heterocycles. The molecule has 3 atom stereocenters. The number of nitrogens with zero attached hydrogens (tertiary/aromatic N) is 4. The third kappa shape index (κ3) is 9.19. The SMILES string of the molecule is C=C/C(=C(\N=C/C)[C@H](C)OC)c1c2c3cc(ccc3n1CC)-c1cc(O)cc(c1)C[C@H](NS(=O)(=O)N1CCOCC1)C(=O)N1CCC[C@H](N1)C(=O)OCC(C)(C)C2. The fraction of sp³-hybridized carbons (Fsp3) is 0.500. The molecule has 57 heavy (non-hydrogen) atoms. The lowest BCUT2D eigenvalue weighted by Gasteiger charge is -2.36. The van der Waals surface area contributed by atoms with Crippen LogP contribution in [0.25, 0.3) is 27.6 Å². The number of rotatable bonds is 9. The zero-order valence-electron chi connectivity index (χ0n) is 33.8. The monoisotopic (exact) mass is 804 g/mol. The van der Waals surface area contributed by atoms with Crippen molar-refractivity contribution in [1.82, 2.24) is 24.0 Å². The molecule has 3 aliphatic heterocycles. The molecule has 3 aliphatic rings. The minimum absolute atomic E-state index is 0.0289. The maximum absolute atomic E-state index is 14.3. The van der Waals surface area contributed by atoms with Crippen molar-refractivity contribution in [3.63, 3.8) is 0 Å². The summed E-state index contributed by atoms with van der Waals surface area (Å²) in [6.45, 7) is 16.0. The highest BCUT2D eigenvalue weighted by Crippen LogP contribution is 2.40. The fourth-order valence-electron chi connectivity index (χ4n) is 8.00. The number of aromatic nitrogens is 1. The van der Waals surface area contributed by atoms with Gasteiger partial charge in [0.05, 0.1) is 37.3 Å². The number of hydrazine groups is 1. The van der Waals surface area contributed by atoms with Crippen LogP contribution in [0.1, 0.15) is 64.3 Å². The molecule has 14 nitrogen and oxygen atoms in total. The highest BCUT2D eigenvalue weighted by atomic mass is 32.2. The Morgan fingerprint density at radius 1 is 1.16 bits per heavy atom. The third-order valence-electron chi connectivity index (χ3n) is 10.9. The highest BCUT2D eigenvalue weighted by Gasteiger charge is 2.37. The molecule has 6 rings (SSSR count). The first-order valence-corrected chi connectivity index (χ1v) is 21.1. The van der Waals surface area contributed by atoms with Gasteiger partial charge >= 0.3 is 5.97 Å². The number of esters is 1. The van der Waals surface area contributed by atoms with Crippen LogP contribution in [0.2, 0.25) is 0 Å². The lowest BCUT2D eigenvalue weighted by atomic mass is 9.84. The summed E-state index contributed by atoms with van der Waals surface area (Å²) < 4.78 is 50.7. The Balaban J connectivity index is 1.55. The predicted octanol–water partition coefficient (Wildman–Crippen LogP) is 4.76. The van der Waals surface area contributed by atoms with E-state index in [9.17, 15) is 23.1 Å². The molecule has 6 bridgehead atoms. The van der Waals surface area contributed by atoms with Crippen LogP contribution < -0.4 is 10.1 Å². The van der Waals surface area contributed by atoms with Crippen LogP contribution in [0.5, 0.6) is 5.75 Å². The summed E-state index contributed by atoms with van der Waals surface area (Å²) in [5.74, 6) is -1.07. The second-order valence-electron chi connectivity index (χ2n) is 15.6. The van der Waals surface area contributed by atoms with Crippen LogP contribution in [0, 0.1) is 5.41 Å². The van der Waals surface area contributed by atoms with E-state index in [2.05, 4.69) is 54.2 Å². The molecule has 0 saturated carbocycles. The number of aliphatic imine (C=N–C) groups is 1. The van der Waals surface area contributed by atoms with E-state index in [1.165, 1.54) is 9.31 Å². The number of phenolic OH excluding ortho intramolecular Hbond substituents is 1. The quantitative estimate of drug-likeness (QED) is 0.157. The molecule has 0 aliphatic carbocycles. The summed E-state index contributed by atoms with van der Waals surface area (Å²) in [7, 11) is -2.47. The summed E-state index contributed by atoms with van der Waals surface area (Å²) in [6, 6.07) is 9.15. The average molecular weight is 805 g/mol. The number of aryl methyl sites for hydroxylation is 1. The molecule has 2 fully saturated rings. The van der Waals surface area contributed by atoms with Gasteiger partial charge in [0.15, 0.2) is 0 Å². The maximum atomic E-state index is 14.3. The van der Waals surface area contributed by atoms with Crippen LogP contribution in [0.3, 0.4) is 0 Å². The number of morpholine rings is 1. The number of hydrogen-bond donors (Lipinski definition) is 3. The lowest BCUT2D eigenvalue weighted by molar-refractivity contribution is -0.155. The van der Waals surface area contributed by atoms with Gasteiger partial charge in [0.25, 0.3) is 16.1 Å². The minimum atomic E-state index is -4.12. The molecular formula is C42H56N6O8S. The van der Waals surface area contributed by atoms with Gasteiger partial charge in [-0.25, -0.2) is 5.43 Å². The first-order valence-electron chi connectivity index (χ1n) is 19.7. The Bertz CT molecular complexity index is 2170. The number of benzene rings is 2. The van der Waals surface area contributed by atoms with Crippen LogP contribution in [0.4, 0.5) is 0 Å². The number of ether oxygens (including phenoxy) is 3. The van der Waals surface area contributed by atoms with Crippen LogP contribution in [0.15, 0.2) is 59.7 Å². The number of hydrogen-bond acceptors (Lipinski definition) is 10. The van der Waals surface area contributed by atoms with Gasteiger partial charge in [0.1, 0.15) is 17.8 Å². The van der Waals surface area contributed by atoms with Crippen LogP contribution in [-0.2, 0) is 53.4 Å². The second-order valence-corrected chi connectivity index (χ2v) is 17.3. The second kappa shape index (κ2) is 17.6. The molecule has 15 heteroatoms. The Kier molecular flexibility index (Phi) is 13.1. The van der Waals surface area contributed by atoms with E-state index in [4.69, 9.17) is 19.2 Å². The van der Waals surface area contributed by atoms with Crippen LogP contribution in [-0.4, -0.2) is 110 Å². The number of methoxy groups -OCH3 is 1. The number of phenols is 1. The van der Waals surface area contributed by atoms with E-state index in [-0.39, 0.29) is 57.7 Å². The molecule has 0 unspecified atom stereocenters. The normalized spacial score (nSPS) is 22.2. The molecule has 1 amide bonds. The number of allylic oxidation sites excluding steroid dienone is 2. The van der Waals surface area contributed by atoms with E-state index in [1.54, 1.807) is 25.5 Å². The van der Waals surface area contributed by atoms with E-state index in [0.717, 1.165) is 39.0 Å². The van der Waals surface area contributed by atoms with Gasteiger partial charge in [-0.2, -0.15) is 17.4 Å². The van der Waals surface area contributed by atoms with Crippen molar-refractivity contribution in [3.8, 4) is 16.9 Å². The largest absolute Gasteiger partial charge is 0.508 e. The predicted molar refractivity (Wildman–Crippen MR) is 221 cm³/mol. The number of nitrogens with one attached hydrogen (secondary N) is 2. The molecule has 1 aromatic heterocycles. The van der Waals surface area contributed by atoms with Crippen molar-refractivity contribution in [3.05, 3.63) is 71.6 Å². The smallest absolute Gasteiger partial charge is 0.324 e. The lowest BCUT2D eigenvalue weighted by Crippen LogP contribution is -2.61. The fourth-order valence-corrected chi connectivity index (χ4v) is 9.32. The minimum Gasteiger partial charge on any atom is -0.508 e. The van der Waals surface area contributed by atoms with Gasteiger partial charge in [-0.15, -0.1) is 0 Å². The van der Waals surface area contributed by atoms with Crippen molar-refractivity contribution in [1.29, 1.82) is 0 Å². The summed E-state index contributed by atoms with van der Waals surface area (Å²) >= 11 is 0. The van der Waals surface area contributed by atoms with Gasteiger partial charge in [-0.3, -0.25) is 19.6 Å². The first kappa shape index (κ1) is 42.2. The average Bonchev–Trinajstić information content (AvgIpc) is 3.50. The zero-order chi connectivity index (χ0) is 41.1. The molecule has 0 radical (unpaired) electrons. The number of carbonyl (C=O) groups is 2. The third-order valence-corrected chi connectivity index (χ3v) is 12.5. The highest BCUT2D eigenvalue weighted by molar-refractivity contribution is 7.87. The zero-order valence-corrected chi connectivity index (χ0v) is 34.7. The summed E-state index contributed by atoms with van der Waals surface area (Å²) in [4.78, 5) is 32.8. The molecule has 2 aromatic carbocycles. The van der Waals surface area contributed by atoms with Crippen molar-refractivity contribution in [2.24, 2.45) is 10.4 Å². The number of cyclic esters (lactones) is 1. The topological polar surface area (TPSA) is 164 Å². The van der Waals surface area contributed by atoms with E-state index in [0.29, 0.717) is 36.9 Å². The molecule has 4 heterocycles. The Morgan fingerprint density at radius 2 is 1.91 bits per heavy atom. The van der Waals surface area contributed by atoms with Gasteiger partial charge in [-0.05, 0) is 93.0 Å². The number of fused-ring (bicyclic) bond motifs is 6.